The van der Waals surface area contributed by atoms with Crippen LogP contribution in [0.1, 0.15) is 99.7 Å². The Morgan fingerprint density at radius 2 is 1.41 bits per heavy atom. The highest BCUT2D eigenvalue weighted by molar-refractivity contribution is 6.62. The first-order valence-electron chi connectivity index (χ1n) is 21.0. The summed E-state index contributed by atoms with van der Waals surface area (Å²) in [5.41, 5.74) is 9.61. The molecule has 2 amide bonds. The molecule has 1 fully saturated rings. The van der Waals surface area contributed by atoms with E-state index in [0.717, 1.165) is 76.2 Å². The van der Waals surface area contributed by atoms with Crippen molar-refractivity contribution in [1.82, 2.24) is 0 Å². The van der Waals surface area contributed by atoms with Gasteiger partial charge in [-0.25, -0.2) is 9.59 Å². The lowest BCUT2D eigenvalue weighted by Crippen LogP contribution is -2.41. The van der Waals surface area contributed by atoms with Crippen LogP contribution < -0.4 is 16.1 Å². The Balaban J connectivity index is 0.932. The second kappa shape index (κ2) is 16.6. The van der Waals surface area contributed by atoms with E-state index in [9.17, 15) is 14.4 Å². The molecule has 8 rings (SSSR count). The highest BCUT2D eigenvalue weighted by Gasteiger charge is 2.51. The number of amides is 2. The van der Waals surface area contributed by atoms with Gasteiger partial charge in [0.25, 0.3) is 0 Å². The van der Waals surface area contributed by atoms with E-state index >= 15 is 0 Å². The van der Waals surface area contributed by atoms with Crippen molar-refractivity contribution in [3.8, 4) is 11.1 Å². The zero-order valence-electron chi connectivity index (χ0n) is 36.0. The predicted molar refractivity (Wildman–Crippen MR) is 236 cm³/mol. The topological polar surface area (TPSA) is 131 Å². The first kappa shape index (κ1) is 42.0. The summed E-state index contributed by atoms with van der Waals surface area (Å²) in [6, 6.07) is 27.7. The van der Waals surface area contributed by atoms with Crippen molar-refractivity contribution in [1.29, 1.82) is 0 Å². The van der Waals surface area contributed by atoms with E-state index in [4.69, 9.17) is 28.3 Å². The lowest BCUT2D eigenvalue weighted by atomic mass is 9.76. The summed E-state index contributed by atoms with van der Waals surface area (Å²) in [7, 11) is 1.08. The highest BCUT2D eigenvalue weighted by Crippen LogP contribution is 2.48. The maximum atomic E-state index is 13.4. The molecule has 1 heterocycles. The van der Waals surface area contributed by atoms with E-state index in [-0.39, 0.29) is 25.8 Å². The van der Waals surface area contributed by atoms with E-state index in [1.807, 2.05) is 82.3 Å². The van der Waals surface area contributed by atoms with Crippen LogP contribution in [0.3, 0.4) is 0 Å². The molecule has 12 heteroatoms. The number of esters is 1. The number of rotatable bonds is 11. The molecule has 316 valence electrons. The third-order valence-electron chi connectivity index (χ3n) is 12.8. The molecular weight excluding hydrogens is 771 g/mol. The summed E-state index contributed by atoms with van der Waals surface area (Å²) in [6.45, 7) is 11.8. The van der Waals surface area contributed by atoms with Crippen molar-refractivity contribution in [2.24, 2.45) is 0 Å². The summed E-state index contributed by atoms with van der Waals surface area (Å²) in [6.07, 6.45) is 2.93. The van der Waals surface area contributed by atoms with E-state index in [2.05, 4.69) is 41.8 Å². The van der Waals surface area contributed by atoms with Gasteiger partial charge in [-0.2, -0.15) is 0 Å². The summed E-state index contributed by atoms with van der Waals surface area (Å²) in [5.74, 6) is -0.258. The number of nitrogens with one attached hydrogen (secondary N) is 2. The van der Waals surface area contributed by atoms with Crippen LogP contribution >= 0.6 is 0 Å². The number of methoxy groups -OCH3 is 1. The van der Waals surface area contributed by atoms with E-state index < -0.39 is 36.1 Å². The third kappa shape index (κ3) is 8.36. The molecule has 1 atom stereocenters. The molecule has 3 aliphatic rings. The number of aryl methyl sites for hydroxylation is 1. The molecule has 0 unspecified atom stereocenters. The number of hydrogen-bond acceptors (Lipinski definition) is 9. The minimum atomic E-state index is -0.663. The largest absolute Gasteiger partial charge is 0.494 e. The monoisotopic (exact) mass is 824 g/mol. The van der Waals surface area contributed by atoms with Gasteiger partial charge in [0, 0.05) is 30.5 Å². The van der Waals surface area contributed by atoms with Gasteiger partial charge in [-0.05, 0) is 134 Å². The van der Waals surface area contributed by atoms with Crippen molar-refractivity contribution in [3.63, 3.8) is 0 Å². The lowest BCUT2D eigenvalue weighted by molar-refractivity contribution is -0.160. The molecule has 61 heavy (non-hydrogen) atoms. The van der Waals surface area contributed by atoms with Gasteiger partial charge in [-0.15, -0.1) is 0 Å². The molecule has 1 aliphatic heterocycles. The van der Waals surface area contributed by atoms with Gasteiger partial charge in [0.15, 0.2) is 0 Å². The van der Waals surface area contributed by atoms with Gasteiger partial charge >= 0.3 is 25.3 Å². The van der Waals surface area contributed by atoms with Crippen LogP contribution in [-0.2, 0) is 71.3 Å². The van der Waals surface area contributed by atoms with E-state index in [0.29, 0.717) is 22.5 Å². The molecule has 5 aromatic carbocycles. The van der Waals surface area contributed by atoms with Crippen molar-refractivity contribution < 1.29 is 42.6 Å². The Morgan fingerprint density at radius 3 is 2.11 bits per heavy atom. The van der Waals surface area contributed by atoms with E-state index in [1.54, 1.807) is 13.2 Å². The molecule has 5 aromatic rings. The number of carbonyl (C=O) groups excluding carboxylic acids is 3. The van der Waals surface area contributed by atoms with Gasteiger partial charge in [-0.1, -0.05) is 67.6 Å². The molecular formula is C49H53BN2O9. The molecule has 1 saturated heterocycles. The molecule has 0 spiro atoms. The number of para-hydroxylation sites is 1. The van der Waals surface area contributed by atoms with Gasteiger partial charge in [0.2, 0.25) is 0 Å². The van der Waals surface area contributed by atoms with Crippen LogP contribution in [0.4, 0.5) is 21.0 Å². The SMILES string of the molecule is CC[C@@]1(OC(C)=O)CCCc2cc3c(cc21)-c1cc2cccc(NC(=O)OCc4cccc(COC)c4NC(=O)OCc4ccc(B5OC(C)(C)C(C)(C)O5)cc4)c2cc1C3. The predicted octanol–water partition coefficient (Wildman–Crippen LogP) is 9.86. The Morgan fingerprint density at radius 1 is 0.754 bits per heavy atom. The number of hydrogen-bond donors (Lipinski definition) is 2. The standard InChI is InChI=1S/C49H53BN2O9/c1-8-49(59-30(2)53)21-11-15-33-22-36-23-37-25-41-32(24-39(37)40(36)26-42(33)49)12-10-16-43(41)51-45(54)58-29-35-14-9-13-34(28-56-7)44(35)52-46(55)57-27-31-17-19-38(20-18-31)50-60-47(3,4)48(5,6)61-50/h9-10,12-14,16-20,22,24-26H,8,11,15,21,23,27-29H2,1-7H3,(H,51,54)(H,52,55)/t49-/m1/s1. The Bertz CT molecular complexity index is 2500. The number of fused-ring (bicyclic) bond motifs is 5. The minimum Gasteiger partial charge on any atom is -0.454 e. The second-order valence-electron chi connectivity index (χ2n) is 17.3. The maximum absolute atomic E-state index is 13.4. The quantitative estimate of drug-likeness (QED) is 0.0745. The first-order chi connectivity index (χ1) is 29.2. The van der Waals surface area contributed by atoms with Gasteiger partial charge in [-0.3, -0.25) is 15.4 Å². The molecule has 11 nitrogen and oxygen atoms in total. The van der Waals surface area contributed by atoms with Crippen LogP contribution in [0.15, 0.2) is 84.9 Å². The third-order valence-corrected chi connectivity index (χ3v) is 12.8. The maximum Gasteiger partial charge on any atom is 0.494 e. The zero-order chi connectivity index (χ0) is 43.1. The van der Waals surface area contributed by atoms with Crippen LogP contribution in [0, 0.1) is 0 Å². The van der Waals surface area contributed by atoms with Crippen molar-refractivity contribution in [2.75, 3.05) is 17.7 Å². The smallest absolute Gasteiger partial charge is 0.454 e. The Labute approximate surface area is 357 Å². The van der Waals surface area contributed by atoms with Gasteiger partial charge in [0.05, 0.1) is 29.2 Å². The highest BCUT2D eigenvalue weighted by atomic mass is 16.7. The molecule has 0 saturated carbocycles. The number of ether oxygens (including phenoxy) is 4. The van der Waals surface area contributed by atoms with Crippen molar-refractivity contribution in [3.05, 3.63) is 124 Å². The average molecular weight is 825 g/mol. The second-order valence-corrected chi connectivity index (χ2v) is 17.3. The fourth-order valence-corrected chi connectivity index (χ4v) is 8.86. The van der Waals surface area contributed by atoms with Crippen LogP contribution in [0.25, 0.3) is 21.9 Å². The zero-order valence-corrected chi connectivity index (χ0v) is 36.0. The van der Waals surface area contributed by atoms with Crippen LogP contribution in [0.2, 0.25) is 0 Å². The molecule has 2 aliphatic carbocycles. The molecule has 0 bridgehead atoms. The lowest BCUT2D eigenvalue weighted by Gasteiger charge is -2.38. The summed E-state index contributed by atoms with van der Waals surface area (Å²) in [5, 5.41) is 7.68. The average Bonchev–Trinajstić information content (AvgIpc) is 3.68. The normalized spacial score (nSPS) is 18.2. The number of carbonyl (C=O) groups is 3. The summed E-state index contributed by atoms with van der Waals surface area (Å²) < 4.78 is 35.1. The first-order valence-corrected chi connectivity index (χ1v) is 21.0. The van der Waals surface area contributed by atoms with Gasteiger partial charge in [0.1, 0.15) is 18.8 Å². The summed E-state index contributed by atoms with van der Waals surface area (Å²) >= 11 is 0. The number of benzene rings is 5. The fraction of sp³-hybridized carbons (Fsp3) is 0.367. The Hall–Kier alpha value is -5.69. The van der Waals surface area contributed by atoms with Gasteiger partial charge < -0.3 is 28.3 Å². The van der Waals surface area contributed by atoms with E-state index in [1.165, 1.54) is 18.1 Å². The number of anilines is 2. The molecule has 0 radical (unpaired) electrons. The molecule has 2 N–H and O–H groups in total. The fourth-order valence-electron chi connectivity index (χ4n) is 8.86. The molecule has 0 aromatic heterocycles. The van der Waals surface area contributed by atoms with Crippen molar-refractivity contribution in [2.45, 2.75) is 110 Å². The minimum absolute atomic E-state index is 0.0359. The van der Waals surface area contributed by atoms with Crippen LogP contribution in [0.5, 0.6) is 0 Å². The summed E-state index contributed by atoms with van der Waals surface area (Å²) in [4.78, 5) is 38.8. The Kier molecular flexibility index (Phi) is 11.5. The van der Waals surface area contributed by atoms with Crippen molar-refractivity contribution >= 4 is 52.9 Å². The van der Waals surface area contributed by atoms with Crippen LogP contribution in [-0.4, -0.2) is 43.6 Å².